The van der Waals surface area contributed by atoms with Crippen LogP contribution in [0.25, 0.3) is 0 Å². The number of carbonyl (C=O) groups excluding carboxylic acids is 3. The third-order valence-corrected chi connectivity index (χ3v) is 3.46. The molecule has 2 aromatic rings. The van der Waals surface area contributed by atoms with E-state index >= 15 is 0 Å². The van der Waals surface area contributed by atoms with Crippen molar-refractivity contribution in [2.75, 3.05) is 20.3 Å². The standard InChI is InChI=1S/C18H20N2O6/c1-4-25-15-10-12(7-8-14(15)24-3)18(23)26-11-16(21)19-17(22)13-6-5-9-20(13)2/h5-10H,4,11H2,1-3H3,(H,19,21,22). The molecule has 1 aromatic heterocycles. The van der Waals surface area contributed by atoms with Gasteiger partial charge in [-0.25, -0.2) is 4.79 Å². The molecule has 0 saturated heterocycles. The van der Waals surface area contributed by atoms with Crippen LogP contribution in [0, 0.1) is 0 Å². The summed E-state index contributed by atoms with van der Waals surface area (Å²) in [6.45, 7) is 1.63. The minimum absolute atomic E-state index is 0.204. The largest absolute Gasteiger partial charge is 0.493 e. The van der Waals surface area contributed by atoms with E-state index in [0.29, 0.717) is 23.8 Å². The van der Waals surface area contributed by atoms with Crippen LogP contribution in [0.3, 0.4) is 0 Å². The Labute approximate surface area is 150 Å². The van der Waals surface area contributed by atoms with Crippen LogP contribution < -0.4 is 14.8 Å². The predicted octanol–water partition coefficient (Wildman–Crippen LogP) is 1.55. The Morgan fingerprint density at radius 1 is 1.15 bits per heavy atom. The molecule has 1 aromatic carbocycles. The van der Waals surface area contributed by atoms with Crippen molar-refractivity contribution in [1.29, 1.82) is 0 Å². The molecule has 8 heteroatoms. The van der Waals surface area contributed by atoms with Gasteiger partial charge in [-0.15, -0.1) is 0 Å². The van der Waals surface area contributed by atoms with Gasteiger partial charge >= 0.3 is 5.97 Å². The van der Waals surface area contributed by atoms with E-state index in [1.54, 1.807) is 42.9 Å². The second-order valence-corrected chi connectivity index (χ2v) is 5.26. The van der Waals surface area contributed by atoms with Crippen molar-refractivity contribution in [3.05, 3.63) is 47.8 Å². The van der Waals surface area contributed by atoms with E-state index in [2.05, 4.69) is 5.32 Å². The summed E-state index contributed by atoms with van der Waals surface area (Å²) >= 11 is 0. The highest BCUT2D eigenvalue weighted by Gasteiger charge is 2.16. The summed E-state index contributed by atoms with van der Waals surface area (Å²) in [6.07, 6.45) is 1.68. The highest BCUT2D eigenvalue weighted by Crippen LogP contribution is 2.28. The van der Waals surface area contributed by atoms with E-state index in [9.17, 15) is 14.4 Å². The minimum Gasteiger partial charge on any atom is -0.493 e. The molecule has 2 rings (SSSR count). The Bertz CT molecular complexity index is 812. The molecule has 26 heavy (non-hydrogen) atoms. The van der Waals surface area contributed by atoms with E-state index in [-0.39, 0.29) is 5.56 Å². The number of ether oxygens (including phenoxy) is 3. The zero-order valence-corrected chi connectivity index (χ0v) is 14.8. The first-order valence-corrected chi connectivity index (χ1v) is 7.89. The fraction of sp³-hybridized carbons (Fsp3) is 0.278. The smallest absolute Gasteiger partial charge is 0.338 e. The maximum Gasteiger partial charge on any atom is 0.338 e. The van der Waals surface area contributed by atoms with Crippen molar-refractivity contribution in [2.45, 2.75) is 6.92 Å². The lowest BCUT2D eigenvalue weighted by atomic mass is 10.2. The van der Waals surface area contributed by atoms with Gasteiger partial charge in [-0.1, -0.05) is 0 Å². The van der Waals surface area contributed by atoms with E-state index < -0.39 is 24.4 Å². The summed E-state index contributed by atoms with van der Waals surface area (Å²) in [6, 6.07) is 7.79. The first-order valence-electron chi connectivity index (χ1n) is 7.89. The molecular weight excluding hydrogens is 340 g/mol. The van der Waals surface area contributed by atoms with Crippen LogP contribution in [-0.4, -0.2) is 42.7 Å². The number of aryl methyl sites for hydroxylation is 1. The minimum atomic E-state index is -0.719. The van der Waals surface area contributed by atoms with Crippen LogP contribution >= 0.6 is 0 Å². The first kappa shape index (κ1) is 19.0. The molecule has 0 saturated carbocycles. The normalized spacial score (nSPS) is 10.1. The molecule has 0 bridgehead atoms. The molecule has 0 aliphatic rings. The molecule has 0 fully saturated rings. The van der Waals surface area contributed by atoms with Gasteiger partial charge in [0.2, 0.25) is 0 Å². The Hall–Kier alpha value is -3.29. The Kier molecular flexibility index (Phi) is 6.37. The summed E-state index contributed by atoms with van der Waals surface area (Å²) in [7, 11) is 3.17. The summed E-state index contributed by atoms with van der Waals surface area (Å²) in [5.74, 6) is -1.12. The second-order valence-electron chi connectivity index (χ2n) is 5.26. The number of hydrogen-bond acceptors (Lipinski definition) is 6. The predicted molar refractivity (Wildman–Crippen MR) is 92.3 cm³/mol. The van der Waals surface area contributed by atoms with Crippen LogP contribution in [0.4, 0.5) is 0 Å². The highest BCUT2D eigenvalue weighted by atomic mass is 16.5. The molecule has 0 atom stereocenters. The maximum atomic E-state index is 12.1. The monoisotopic (exact) mass is 360 g/mol. The van der Waals surface area contributed by atoms with Gasteiger partial charge < -0.3 is 18.8 Å². The average molecular weight is 360 g/mol. The summed E-state index contributed by atoms with van der Waals surface area (Å²) in [5, 5.41) is 2.16. The van der Waals surface area contributed by atoms with Gasteiger partial charge in [0.05, 0.1) is 19.3 Å². The molecule has 1 N–H and O–H groups in total. The number of methoxy groups -OCH3 is 1. The second kappa shape index (κ2) is 8.70. The number of carbonyl (C=O) groups is 3. The molecule has 0 spiro atoms. The fourth-order valence-electron chi connectivity index (χ4n) is 2.21. The van der Waals surface area contributed by atoms with Crippen molar-refractivity contribution in [3.8, 4) is 11.5 Å². The van der Waals surface area contributed by atoms with E-state index in [0.717, 1.165) is 0 Å². The zero-order valence-electron chi connectivity index (χ0n) is 14.8. The maximum absolute atomic E-state index is 12.1. The molecule has 8 nitrogen and oxygen atoms in total. The molecule has 0 aliphatic heterocycles. The third kappa shape index (κ3) is 4.62. The number of amides is 2. The van der Waals surface area contributed by atoms with Crippen LogP contribution in [0.1, 0.15) is 27.8 Å². The lowest BCUT2D eigenvalue weighted by Gasteiger charge is -2.11. The third-order valence-electron chi connectivity index (χ3n) is 3.46. The lowest BCUT2D eigenvalue weighted by Crippen LogP contribution is -2.35. The molecule has 0 unspecified atom stereocenters. The Morgan fingerprint density at radius 2 is 1.92 bits per heavy atom. The van der Waals surface area contributed by atoms with Crippen LogP contribution in [0.5, 0.6) is 11.5 Å². The van der Waals surface area contributed by atoms with Gasteiger partial charge in [0, 0.05) is 13.2 Å². The topological polar surface area (TPSA) is 95.9 Å². The van der Waals surface area contributed by atoms with Crippen molar-refractivity contribution >= 4 is 17.8 Å². The van der Waals surface area contributed by atoms with Gasteiger partial charge in [0.1, 0.15) is 5.69 Å². The van der Waals surface area contributed by atoms with E-state index in [1.807, 2.05) is 0 Å². The number of nitrogens with one attached hydrogen (secondary N) is 1. The van der Waals surface area contributed by atoms with Crippen molar-refractivity contribution < 1.29 is 28.6 Å². The van der Waals surface area contributed by atoms with E-state index in [1.165, 1.54) is 19.2 Å². The van der Waals surface area contributed by atoms with Crippen molar-refractivity contribution in [3.63, 3.8) is 0 Å². The molecule has 2 amide bonds. The van der Waals surface area contributed by atoms with Crippen molar-refractivity contribution in [2.24, 2.45) is 7.05 Å². The van der Waals surface area contributed by atoms with Gasteiger partial charge in [0.25, 0.3) is 11.8 Å². The summed E-state index contributed by atoms with van der Waals surface area (Å²) < 4.78 is 17.0. The van der Waals surface area contributed by atoms with Crippen LogP contribution in [0.2, 0.25) is 0 Å². The quantitative estimate of drug-likeness (QED) is 0.753. The Balaban J connectivity index is 1.93. The summed E-state index contributed by atoms with van der Waals surface area (Å²) in [4.78, 5) is 35.8. The number of hydrogen-bond donors (Lipinski definition) is 1. The Morgan fingerprint density at radius 3 is 2.54 bits per heavy atom. The fourth-order valence-corrected chi connectivity index (χ4v) is 2.21. The van der Waals surface area contributed by atoms with Crippen molar-refractivity contribution in [1.82, 2.24) is 9.88 Å². The van der Waals surface area contributed by atoms with Crippen LogP contribution in [-0.2, 0) is 16.6 Å². The van der Waals surface area contributed by atoms with Gasteiger partial charge in [-0.05, 0) is 37.3 Å². The van der Waals surface area contributed by atoms with Gasteiger partial charge in [-0.3, -0.25) is 14.9 Å². The number of benzene rings is 1. The molecular formula is C18H20N2O6. The van der Waals surface area contributed by atoms with E-state index in [4.69, 9.17) is 14.2 Å². The van der Waals surface area contributed by atoms with Gasteiger partial charge in [0.15, 0.2) is 18.1 Å². The lowest BCUT2D eigenvalue weighted by molar-refractivity contribution is -0.123. The van der Waals surface area contributed by atoms with Gasteiger partial charge in [-0.2, -0.15) is 0 Å². The SMILES string of the molecule is CCOc1cc(C(=O)OCC(=O)NC(=O)c2cccn2C)ccc1OC. The first-order chi connectivity index (χ1) is 12.5. The molecule has 0 radical (unpaired) electrons. The number of nitrogens with zero attached hydrogens (tertiary/aromatic N) is 1. The number of aromatic nitrogens is 1. The molecule has 138 valence electrons. The molecule has 0 aliphatic carbocycles. The summed E-state index contributed by atoms with van der Waals surface area (Å²) in [5.41, 5.74) is 0.525. The number of rotatable bonds is 7. The average Bonchev–Trinajstić information content (AvgIpc) is 3.06. The zero-order chi connectivity index (χ0) is 19.1. The number of esters is 1. The molecule has 1 heterocycles. The van der Waals surface area contributed by atoms with Crippen LogP contribution in [0.15, 0.2) is 36.5 Å². The number of imide groups is 1. The highest BCUT2D eigenvalue weighted by molar-refractivity contribution is 6.04.